The summed E-state index contributed by atoms with van der Waals surface area (Å²) in [6.45, 7) is 5.86. The number of rotatable bonds is 2. The summed E-state index contributed by atoms with van der Waals surface area (Å²) in [6.07, 6.45) is 0. The first-order valence-corrected chi connectivity index (χ1v) is 5.96. The summed E-state index contributed by atoms with van der Waals surface area (Å²) in [7, 11) is 0. The van der Waals surface area contributed by atoms with Crippen LogP contribution in [-0.2, 0) is 0 Å². The molecule has 1 aliphatic heterocycles. The van der Waals surface area contributed by atoms with Gasteiger partial charge in [0, 0.05) is 37.8 Å². The molecule has 1 aromatic carbocycles. The van der Waals surface area contributed by atoms with Crippen molar-refractivity contribution < 1.29 is 4.39 Å². The van der Waals surface area contributed by atoms with Crippen LogP contribution < -0.4 is 5.32 Å². The van der Waals surface area contributed by atoms with E-state index in [0.717, 1.165) is 26.2 Å². The van der Waals surface area contributed by atoms with Crippen LogP contribution >= 0.6 is 36.4 Å². The number of nitrogens with one attached hydrogen (secondary N) is 1. The van der Waals surface area contributed by atoms with Crippen LogP contribution in [0.15, 0.2) is 18.2 Å². The fraction of sp³-hybridized carbons (Fsp3) is 0.500. The van der Waals surface area contributed by atoms with Crippen molar-refractivity contribution in [1.82, 2.24) is 10.2 Å². The Balaban J connectivity index is 0.00000144. The highest BCUT2D eigenvalue weighted by atomic mass is 35.5. The quantitative estimate of drug-likeness (QED) is 0.901. The summed E-state index contributed by atoms with van der Waals surface area (Å²) in [5.41, 5.74) is 0.689. The van der Waals surface area contributed by atoms with E-state index in [4.69, 9.17) is 11.6 Å². The minimum atomic E-state index is -0.282. The molecule has 1 fully saturated rings. The van der Waals surface area contributed by atoms with Gasteiger partial charge in [0.15, 0.2) is 0 Å². The molecular formula is C12H18Cl3FN2. The molecule has 1 atom stereocenters. The molecule has 0 unspecified atom stereocenters. The van der Waals surface area contributed by atoms with Gasteiger partial charge < -0.3 is 5.32 Å². The first-order valence-electron chi connectivity index (χ1n) is 5.59. The molecule has 18 heavy (non-hydrogen) atoms. The Morgan fingerprint density at radius 2 is 1.89 bits per heavy atom. The number of nitrogens with zero attached hydrogens (tertiary/aromatic N) is 1. The molecule has 0 spiro atoms. The predicted octanol–water partition coefficient (Wildman–Crippen LogP) is 3.29. The van der Waals surface area contributed by atoms with E-state index in [1.165, 1.54) is 0 Å². The highest BCUT2D eigenvalue weighted by molar-refractivity contribution is 6.30. The summed E-state index contributed by atoms with van der Waals surface area (Å²) in [5.74, 6) is -0.282. The number of hydrogen-bond acceptors (Lipinski definition) is 2. The maximum atomic E-state index is 13.8. The zero-order valence-electron chi connectivity index (χ0n) is 10.2. The highest BCUT2D eigenvalue weighted by Gasteiger charge is 2.21. The standard InChI is InChI=1S/C12H16ClFN2.2ClH/c1-9(16-7-5-15-6-8-16)10-3-2-4-11(13)12(10)14;;/h2-4,9,15H,5-8H2,1H3;2*1H/t9-;;/m0../s1. The van der Waals surface area contributed by atoms with Crippen LogP contribution in [0.2, 0.25) is 5.02 Å². The summed E-state index contributed by atoms with van der Waals surface area (Å²) in [4.78, 5) is 2.27. The van der Waals surface area contributed by atoms with Crippen LogP contribution in [0.1, 0.15) is 18.5 Å². The molecule has 0 bridgehead atoms. The van der Waals surface area contributed by atoms with Crippen molar-refractivity contribution in [2.75, 3.05) is 26.2 Å². The monoisotopic (exact) mass is 314 g/mol. The van der Waals surface area contributed by atoms with Crippen LogP contribution in [0, 0.1) is 5.82 Å². The maximum Gasteiger partial charge on any atom is 0.146 e. The fourth-order valence-corrected chi connectivity index (χ4v) is 2.29. The minimum absolute atomic E-state index is 0. The van der Waals surface area contributed by atoms with E-state index in [0.29, 0.717) is 5.56 Å². The lowest BCUT2D eigenvalue weighted by Crippen LogP contribution is -2.44. The van der Waals surface area contributed by atoms with E-state index in [2.05, 4.69) is 10.2 Å². The first-order chi connectivity index (χ1) is 7.70. The van der Waals surface area contributed by atoms with Gasteiger partial charge in [-0.3, -0.25) is 4.90 Å². The van der Waals surface area contributed by atoms with Gasteiger partial charge in [-0.2, -0.15) is 0 Å². The zero-order valence-corrected chi connectivity index (χ0v) is 12.5. The lowest BCUT2D eigenvalue weighted by molar-refractivity contribution is 0.182. The maximum absolute atomic E-state index is 13.8. The predicted molar refractivity (Wildman–Crippen MR) is 78.8 cm³/mol. The van der Waals surface area contributed by atoms with Crippen molar-refractivity contribution in [3.05, 3.63) is 34.6 Å². The number of hydrogen-bond donors (Lipinski definition) is 1. The van der Waals surface area contributed by atoms with E-state index in [1.54, 1.807) is 12.1 Å². The SMILES string of the molecule is C[C@@H](c1cccc(Cl)c1F)N1CCNCC1.Cl.Cl. The van der Waals surface area contributed by atoms with Gasteiger partial charge in [0.25, 0.3) is 0 Å². The molecule has 1 heterocycles. The van der Waals surface area contributed by atoms with Gasteiger partial charge in [-0.15, -0.1) is 24.8 Å². The summed E-state index contributed by atoms with van der Waals surface area (Å²) >= 11 is 5.79. The van der Waals surface area contributed by atoms with E-state index in [-0.39, 0.29) is 41.7 Å². The van der Waals surface area contributed by atoms with Gasteiger partial charge in [0.2, 0.25) is 0 Å². The number of piperazine rings is 1. The van der Waals surface area contributed by atoms with Gasteiger partial charge >= 0.3 is 0 Å². The number of benzene rings is 1. The van der Waals surface area contributed by atoms with Crippen molar-refractivity contribution in [3.8, 4) is 0 Å². The molecule has 2 rings (SSSR count). The molecule has 1 saturated heterocycles. The summed E-state index contributed by atoms with van der Waals surface area (Å²) in [6, 6.07) is 5.29. The third kappa shape index (κ3) is 3.97. The molecular weight excluding hydrogens is 298 g/mol. The Hall–Kier alpha value is -0.0600. The average Bonchev–Trinajstić information content (AvgIpc) is 2.33. The van der Waals surface area contributed by atoms with Crippen molar-refractivity contribution in [3.63, 3.8) is 0 Å². The summed E-state index contributed by atoms with van der Waals surface area (Å²) in [5, 5.41) is 3.49. The zero-order chi connectivity index (χ0) is 11.5. The topological polar surface area (TPSA) is 15.3 Å². The lowest BCUT2D eigenvalue weighted by Gasteiger charge is -2.33. The summed E-state index contributed by atoms with van der Waals surface area (Å²) < 4.78 is 13.8. The van der Waals surface area contributed by atoms with E-state index < -0.39 is 0 Å². The molecule has 0 amide bonds. The van der Waals surface area contributed by atoms with Crippen LogP contribution in [-0.4, -0.2) is 31.1 Å². The Bertz CT molecular complexity index is 370. The molecule has 0 radical (unpaired) electrons. The third-order valence-corrected chi connectivity index (χ3v) is 3.42. The van der Waals surface area contributed by atoms with Gasteiger partial charge in [-0.05, 0) is 13.0 Å². The van der Waals surface area contributed by atoms with Crippen LogP contribution in [0.4, 0.5) is 4.39 Å². The first kappa shape index (κ1) is 17.9. The minimum Gasteiger partial charge on any atom is -0.314 e. The van der Waals surface area contributed by atoms with Crippen molar-refractivity contribution in [2.45, 2.75) is 13.0 Å². The Kier molecular flexibility index (Phi) is 8.15. The molecule has 1 aromatic rings. The highest BCUT2D eigenvalue weighted by Crippen LogP contribution is 2.27. The third-order valence-electron chi connectivity index (χ3n) is 3.13. The fourth-order valence-electron chi connectivity index (χ4n) is 2.11. The van der Waals surface area contributed by atoms with Crippen LogP contribution in [0.25, 0.3) is 0 Å². The lowest BCUT2D eigenvalue weighted by atomic mass is 10.1. The second kappa shape index (κ2) is 8.18. The Labute approximate surface area is 125 Å². The van der Waals surface area contributed by atoms with E-state index in [9.17, 15) is 4.39 Å². The van der Waals surface area contributed by atoms with E-state index in [1.807, 2.05) is 13.0 Å². The molecule has 104 valence electrons. The van der Waals surface area contributed by atoms with Crippen molar-refractivity contribution in [2.24, 2.45) is 0 Å². The van der Waals surface area contributed by atoms with Gasteiger partial charge in [-0.1, -0.05) is 23.7 Å². The molecule has 2 nitrogen and oxygen atoms in total. The van der Waals surface area contributed by atoms with Gasteiger partial charge in [0.05, 0.1) is 5.02 Å². The van der Waals surface area contributed by atoms with Crippen LogP contribution in [0.3, 0.4) is 0 Å². The Morgan fingerprint density at radius 3 is 2.50 bits per heavy atom. The second-order valence-corrected chi connectivity index (χ2v) is 4.51. The molecule has 0 aromatic heterocycles. The van der Waals surface area contributed by atoms with Crippen molar-refractivity contribution >= 4 is 36.4 Å². The molecule has 1 aliphatic rings. The van der Waals surface area contributed by atoms with Crippen LogP contribution in [0.5, 0.6) is 0 Å². The molecule has 1 N–H and O–H groups in total. The van der Waals surface area contributed by atoms with Crippen molar-refractivity contribution in [1.29, 1.82) is 0 Å². The molecule has 0 aliphatic carbocycles. The largest absolute Gasteiger partial charge is 0.314 e. The van der Waals surface area contributed by atoms with Gasteiger partial charge in [0.1, 0.15) is 5.82 Å². The smallest absolute Gasteiger partial charge is 0.146 e. The van der Waals surface area contributed by atoms with Gasteiger partial charge in [-0.25, -0.2) is 4.39 Å². The normalized spacial score (nSPS) is 17.5. The Morgan fingerprint density at radius 1 is 1.28 bits per heavy atom. The van der Waals surface area contributed by atoms with E-state index >= 15 is 0 Å². The second-order valence-electron chi connectivity index (χ2n) is 4.10. The molecule has 6 heteroatoms. The number of halogens is 4. The molecule has 0 saturated carbocycles. The average molecular weight is 316 g/mol.